The summed E-state index contributed by atoms with van der Waals surface area (Å²) < 4.78 is 5.47. The first-order valence-corrected chi connectivity index (χ1v) is 7.47. The van der Waals surface area contributed by atoms with Crippen molar-refractivity contribution in [3.8, 4) is 0 Å². The number of nitrogens with one attached hydrogen (secondary N) is 1. The SMILES string of the molecule is COC1CCCC(NC(C)Cc2cccs2)C1. The van der Waals surface area contributed by atoms with Crippen molar-refractivity contribution in [2.24, 2.45) is 0 Å². The number of ether oxygens (including phenoxy) is 1. The lowest BCUT2D eigenvalue weighted by atomic mass is 9.92. The third-order valence-corrected chi connectivity index (χ3v) is 4.47. The van der Waals surface area contributed by atoms with Gasteiger partial charge in [0.1, 0.15) is 0 Å². The topological polar surface area (TPSA) is 21.3 Å². The molecule has 0 amide bonds. The standard InChI is InChI=1S/C14H23NOS/c1-11(9-14-7-4-8-17-14)15-12-5-3-6-13(10-12)16-2/h4,7-8,11-13,15H,3,5-6,9-10H2,1-2H3. The molecule has 0 radical (unpaired) electrons. The molecule has 3 heteroatoms. The summed E-state index contributed by atoms with van der Waals surface area (Å²) in [6, 6.07) is 5.56. The molecule has 17 heavy (non-hydrogen) atoms. The van der Waals surface area contributed by atoms with E-state index in [-0.39, 0.29) is 0 Å². The van der Waals surface area contributed by atoms with Crippen LogP contribution >= 0.6 is 11.3 Å². The number of rotatable bonds is 5. The van der Waals surface area contributed by atoms with Gasteiger partial charge in [-0.25, -0.2) is 0 Å². The summed E-state index contributed by atoms with van der Waals surface area (Å²) in [6.45, 7) is 2.29. The van der Waals surface area contributed by atoms with Crippen molar-refractivity contribution in [1.29, 1.82) is 0 Å². The fourth-order valence-electron chi connectivity index (χ4n) is 2.70. The van der Waals surface area contributed by atoms with E-state index in [4.69, 9.17) is 4.74 Å². The molecule has 2 nitrogen and oxygen atoms in total. The Morgan fingerprint density at radius 3 is 3.12 bits per heavy atom. The average Bonchev–Trinajstić information content (AvgIpc) is 2.82. The maximum atomic E-state index is 5.47. The van der Waals surface area contributed by atoms with Gasteiger partial charge in [-0.3, -0.25) is 0 Å². The third-order valence-electron chi connectivity index (χ3n) is 3.57. The number of hydrogen-bond acceptors (Lipinski definition) is 3. The zero-order valence-electron chi connectivity index (χ0n) is 10.8. The largest absolute Gasteiger partial charge is 0.381 e. The molecule has 0 aromatic carbocycles. The van der Waals surface area contributed by atoms with E-state index >= 15 is 0 Å². The van der Waals surface area contributed by atoms with Gasteiger partial charge in [-0.05, 0) is 50.5 Å². The summed E-state index contributed by atoms with van der Waals surface area (Å²) in [5, 5.41) is 5.90. The summed E-state index contributed by atoms with van der Waals surface area (Å²) in [5.41, 5.74) is 0. The second-order valence-corrected chi connectivity index (χ2v) is 6.10. The molecule has 1 N–H and O–H groups in total. The van der Waals surface area contributed by atoms with Crippen molar-refractivity contribution in [2.75, 3.05) is 7.11 Å². The minimum Gasteiger partial charge on any atom is -0.381 e. The van der Waals surface area contributed by atoms with Crippen LogP contribution in [0.1, 0.15) is 37.5 Å². The lowest BCUT2D eigenvalue weighted by molar-refractivity contribution is 0.0573. The van der Waals surface area contributed by atoms with E-state index < -0.39 is 0 Å². The number of thiophene rings is 1. The van der Waals surface area contributed by atoms with Gasteiger partial charge in [-0.15, -0.1) is 11.3 Å². The van der Waals surface area contributed by atoms with Crippen LogP contribution in [0.25, 0.3) is 0 Å². The van der Waals surface area contributed by atoms with Gasteiger partial charge in [0.2, 0.25) is 0 Å². The Labute approximate surface area is 108 Å². The number of methoxy groups -OCH3 is 1. The smallest absolute Gasteiger partial charge is 0.0586 e. The molecule has 1 fully saturated rings. The first-order chi connectivity index (χ1) is 8.28. The zero-order chi connectivity index (χ0) is 12.1. The van der Waals surface area contributed by atoms with Crippen LogP contribution in [-0.4, -0.2) is 25.3 Å². The molecule has 3 unspecified atom stereocenters. The van der Waals surface area contributed by atoms with Gasteiger partial charge in [-0.2, -0.15) is 0 Å². The van der Waals surface area contributed by atoms with Gasteiger partial charge in [0.15, 0.2) is 0 Å². The molecule has 0 saturated heterocycles. The Bertz CT molecular complexity index is 312. The van der Waals surface area contributed by atoms with Gasteiger partial charge in [0.25, 0.3) is 0 Å². The highest BCUT2D eigenvalue weighted by atomic mass is 32.1. The van der Waals surface area contributed by atoms with Crippen LogP contribution in [0.4, 0.5) is 0 Å². The van der Waals surface area contributed by atoms with Crippen LogP contribution in [0.3, 0.4) is 0 Å². The van der Waals surface area contributed by atoms with Gasteiger partial charge >= 0.3 is 0 Å². The van der Waals surface area contributed by atoms with Gasteiger partial charge < -0.3 is 10.1 Å². The molecule has 1 aromatic heterocycles. The highest BCUT2D eigenvalue weighted by Crippen LogP contribution is 2.21. The van der Waals surface area contributed by atoms with Crippen LogP contribution in [0, 0.1) is 0 Å². The van der Waals surface area contributed by atoms with E-state index in [0.717, 1.165) is 6.42 Å². The fraction of sp³-hybridized carbons (Fsp3) is 0.714. The Balaban J connectivity index is 1.76. The number of hydrogen-bond donors (Lipinski definition) is 1. The monoisotopic (exact) mass is 253 g/mol. The summed E-state index contributed by atoms with van der Waals surface area (Å²) in [4.78, 5) is 1.48. The van der Waals surface area contributed by atoms with E-state index in [2.05, 4.69) is 29.8 Å². The Hall–Kier alpha value is -0.380. The molecule has 0 bridgehead atoms. The van der Waals surface area contributed by atoms with E-state index in [1.165, 1.54) is 30.6 Å². The second kappa shape index (κ2) is 6.53. The molecule has 1 aliphatic rings. The molecular formula is C14H23NOS. The lowest BCUT2D eigenvalue weighted by Gasteiger charge is -2.31. The molecule has 3 atom stereocenters. The maximum absolute atomic E-state index is 5.47. The molecule has 1 heterocycles. The van der Waals surface area contributed by atoms with Crippen molar-refractivity contribution in [3.05, 3.63) is 22.4 Å². The van der Waals surface area contributed by atoms with Gasteiger partial charge in [-0.1, -0.05) is 6.07 Å². The van der Waals surface area contributed by atoms with E-state index in [1.807, 2.05) is 18.4 Å². The fourth-order valence-corrected chi connectivity index (χ4v) is 3.54. The van der Waals surface area contributed by atoms with Crippen molar-refractivity contribution in [1.82, 2.24) is 5.32 Å². The summed E-state index contributed by atoms with van der Waals surface area (Å²) in [5.74, 6) is 0. The van der Waals surface area contributed by atoms with Crippen molar-refractivity contribution < 1.29 is 4.74 Å². The Morgan fingerprint density at radius 1 is 1.53 bits per heavy atom. The molecule has 1 aliphatic carbocycles. The quantitative estimate of drug-likeness (QED) is 0.870. The maximum Gasteiger partial charge on any atom is 0.0586 e. The van der Waals surface area contributed by atoms with Crippen molar-refractivity contribution in [2.45, 2.75) is 57.2 Å². The minimum atomic E-state index is 0.468. The lowest BCUT2D eigenvalue weighted by Crippen LogP contribution is -2.42. The van der Waals surface area contributed by atoms with Gasteiger partial charge in [0.05, 0.1) is 6.10 Å². The van der Waals surface area contributed by atoms with Crippen LogP contribution < -0.4 is 5.32 Å². The van der Waals surface area contributed by atoms with Crippen molar-refractivity contribution in [3.63, 3.8) is 0 Å². The highest BCUT2D eigenvalue weighted by Gasteiger charge is 2.22. The molecule has 0 aliphatic heterocycles. The highest BCUT2D eigenvalue weighted by molar-refractivity contribution is 7.09. The predicted octanol–water partition coefficient (Wildman–Crippen LogP) is 3.23. The molecule has 0 spiro atoms. The molecule has 1 saturated carbocycles. The summed E-state index contributed by atoms with van der Waals surface area (Å²) in [7, 11) is 1.84. The Kier molecular flexibility index (Phi) is 5.01. The van der Waals surface area contributed by atoms with Crippen LogP contribution in [0.2, 0.25) is 0 Å². The van der Waals surface area contributed by atoms with E-state index in [0.29, 0.717) is 18.2 Å². The first kappa shape index (κ1) is 13.1. The first-order valence-electron chi connectivity index (χ1n) is 6.59. The zero-order valence-corrected chi connectivity index (χ0v) is 11.6. The minimum absolute atomic E-state index is 0.468. The second-order valence-electron chi connectivity index (χ2n) is 5.07. The third kappa shape index (κ3) is 4.09. The van der Waals surface area contributed by atoms with Crippen LogP contribution in [0.15, 0.2) is 17.5 Å². The van der Waals surface area contributed by atoms with E-state index in [1.54, 1.807) is 0 Å². The summed E-state index contributed by atoms with van der Waals surface area (Å²) in [6.07, 6.45) is 6.61. The van der Waals surface area contributed by atoms with Gasteiger partial charge in [0, 0.05) is 24.1 Å². The predicted molar refractivity (Wildman–Crippen MR) is 73.7 cm³/mol. The average molecular weight is 253 g/mol. The van der Waals surface area contributed by atoms with Crippen LogP contribution in [0.5, 0.6) is 0 Å². The molecule has 2 rings (SSSR count). The molecule has 96 valence electrons. The van der Waals surface area contributed by atoms with E-state index in [9.17, 15) is 0 Å². The van der Waals surface area contributed by atoms with Crippen molar-refractivity contribution >= 4 is 11.3 Å². The molecule has 1 aromatic rings. The molecular weight excluding hydrogens is 230 g/mol. The normalized spacial score (nSPS) is 26.9. The Morgan fingerprint density at radius 2 is 2.41 bits per heavy atom. The summed E-state index contributed by atoms with van der Waals surface area (Å²) >= 11 is 1.85. The van der Waals surface area contributed by atoms with Crippen LogP contribution in [-0.2, 0) is 11.2 Å².